The van der Waals surface area contributed by atoms with E-state index in [0.29, 0.717) is 23.9 Å². The van der Waals surface area contributed by atoms with Gasteiger partial charge in [-0.25, -0.2) is 10.4 Å². The molecule has 130 valence electrons. The van der Waals surface area contributed by atoms with Crippen molar-refractivity contribution in [1.29, 1.82) is 0 Å². The van der Waals surface area contributed by atoms with Crippen molar-refractivity contribution in [1.82, 2.24) is 21.3 Å². The van der Waals surface area contributed by atoms with Crippen LogP contribution in [-0.2, 0) is 9.53 Å². The fourth-order valence-electron chi connectivity index (χ4n) is 1.89. The van der Waals surface area contributed by atoms with Gasteiger partial charge in [0.1, 0.15) is 5.75 Å². The molecule has 0 aliphatic carbocycles. The van der Waals surface area contributed by atoms with Crippen LogP contribution in [0.15, 0.2) is 24.3 Å². The number of carbonyl (C=O) groups is 1. The van der Waals surface area contributed by atoms with Gasteiger partial charge in [0, 0.05) is 31.2 Å². The standard InChI is InChI=1S/C14H21ClN4O3.ClH/c15-12-1-3-13(4-2-12)22-11-14(20)18-16-5-7-19-8-10-21-9-6-17-19;/h1-4,16-17H,5-11H2,(H,18,20);1H. The molecular weight excluding hydrogens is 343 g/mol. The maximum atomic E-state index is 11.6. The maximum Gasteiger partial charge on any atom is 0.271 e. The smallest absolute Gasteiger partial charge is 0.271 e. The number of rotatable bonds is 7. The molecule has 0 atom stereocenters. The van der Waals surface area contributed by atoms with E-state index in [9.17, 15) is 4.79 Å². The molecule has 9 heteroatoms. The largest absolute Gasteiger partial charge is 0.484 e. The molecule has 0 unspecified atom stereocenters. The van der Waals surface area contributed by atoms with E-state index in [4.69, 9.17) is 21.1 Å². The Bertz CT molecular complexity index is 454. The predicted octanol–water partition coefficient (Wildman–Crippen LogP) is 0.598. The zero-order valence-electron chi connectivity index (χ0n) is 12.7. The Morgan fingerprint density at radius 3 is 2.91 bits per heavy atom. The summed E-state index contributed by atoms with van der Waals surface area (Å²) in [4.78, 5) is 11.6. The summed E-state index contributed by atoms with van der Waals surface area (Å²) in [6.45, 7) is 4.42. The highest BCUT2D eigenvalue weighted by Gasteiger charge is 2.08. The second kappa shape index (κ2) is 11.4. The Morgan fingerprint density at radius 2 is 2.13 bits per heavy atom. The number of amides is 1. The molecule has 0 saturated carbocycles. The first kappa shape index (κ1) is 20.0. The molecule has 1 aliphatic heterocycles. The van der Waals surface area contributed by atoms with Gasteiger partial charge in [-0.15, -0.1) is 12.4 Å². The Hall–Kier alpha value is -1.09. The van der Waals surface area contributed by atoms with Crippen molar-refractivity contribution in [3.63, 3.8) is 0 Å². The van der Waals surface area contributed by atoms with Gasteiger partial charge in [-0.05, 0) is 24.3 Å². The van der Waals surface area contributed by atoms with Gasteiger partial charge < -0.3 is 9.47 Å². The van der Waals surface area contributed by atoms with Crippen LogP contribution in [-0.4, -0.2) is 56.9 Å². The molecular formula is C14H22Cl2N4O3. The Kier molecular flexibility index (Phi) is 9.93. The molecule has 1 aromatic carbocycles. The molecule has 0 bridgehead atoms. The Morgan fingerprint density at radius 1 is 1.35 bits per heavy atom. The van der Waals surface area contributed by atoms with Crippen LogP contribution >= 0.6 is 24.0 Å². The van der Waals surface area contributed by atoms with Gasteiger partial charge in [-0.2, -0.15) is 0 Å². The van der Waals surface area contributed by atoms with Gasteiger partial charge in [0.15, 0.2) is 6.61 Å². The first-order valence-corrected chi connectivity index (χ1v) is 7.58. The van der Waals surface area contributed by atoms with Crippen LogP contribution in [0, 0.1) is 0 Å². The third-order valence-corrected chi connectivity index (χ3v) is 3.26. The van der Waals surface area contributed by atoms with E-state index < -0.39 is 0 Å². The minimum absolute atomic E-state index is 0. The number of ether oxygens (including phenoxy) is 2. The lowest BCUT2D eigenvalue weighted by atomic mass is 10.3. The molecule has 1 heterocycles. The summed E-state index contributed by atoms with van der Waals surface area (Å²) in [5, 5.41) is 2.70. The molecule has 1 aromatic rings. The average molecular weight is 365 g/mol. The highest BCUT2D eigenvalue weighted by Crippen LogP contribution is 2.15. The number of halogens is 2. The van der Waals surface area contributed by atoms with E-state index in [-0.39, 0.29) is 24.9 Å². The molecule has 1 amide bonds. The van der Waals surface area contributed by atoms with Crippen molar-refractivity contribution in [2.24, 2.45) is 0 Å². The molecule has 23 heavy (non-hydrogen) atoms. The summed E-state index contributed by atoms with van der Waals surface area (Å²) in [7, 11) is 0. The zero-order chi connectivity index (χ0) is 15.6. The SMILES string of the molecule is Cl.O=C(COc1ccc(Cl)cc1)NNCCN1CCOCCN1. The summed E-state index contributed by atoms with van der Waals surface area (Å²) in [5.41, 5.74) is 8.71. The van der Waals surface area contributed by atoms with Gasteiger partial charge in [0.2, 0.25) is 0 Å². The number of hydrazine groups is 2. The van der Waals surface area contributed by atoms with Gasteiger partial charge in [0.05, 0.1) is 13.2 Å². The Balaban J connectivity index is 0.00000264. The van der Waals surface area contributed by atoms with E-state index in [1.165, 1.54) is 0 Å². The van der Waals surface area contributed by atoms with Gasteiger partial charge in [0.25, 0.3) is 5.91 Å². The quantitative estimate of drug-likeness (QED) is 0.486. The molecule has 7 nitrogen and oxygen atoms in total. The highest BCUT2D eigenvalue weighted by molar-refractivity contribution is 6.30. The zero-order valence-corrected chi connectivity index (χ0v) is 14.3. The lowest BCUT2D eigenvalue weighted by molar-refractivity contribution is -0.124. The van der Waals surface area contributed by atoms with Crippen molar-refractivity contribution in [3.05, 3.63) is 29.3 Å². The molecule has 2 rings (SSSR count). The summed E-state index contributed by atoms with van der Waals surface area (Å²) in [5.74, 6) is 0.371. The van der Waals surface area contributed by atoms with Crippen LogP contribution in [0.1, 0.15) is 0 Å². The molecule has 0 radical (unpaired) electrons. The van der Waals surface area contributed by atoms with E-state index in [0.717, 1.165) is 26.2 Å². The third kappa shape index (κ3) is 8.36. The monoisotopic (exact) mass is 364 g/mol. The van der Waals surface area contributed by atoms with Crippen LogP contribution in [0.2, 0.25) is 5.02 Å². The molecule has 0 spiro atoms. The van der Waals surface area contributed by atoms with Gasteiger partial charge >= 0.3 is 0 Å². The normalized spacial score (nSPS) is 15.3. The number of nitrogens with zero attached hydrogens (tertiary/aromatic N) is 1. The van der Waals surface area contributed by atoms with E-state index in [1.54, 1.807) is 24.3 Å². The van der Waals surface area contributed by atoms with Gasteiger partial charge in [-0.1, -0.05) is 11.6 Å². The average Bonchev–Trinajstić information content (AvgIpc) is 2.80. The van der Waals surface area contributed by atoms with Gasteiger partial charge in [-0.3, -0.25) is 15.6 Å². The number of hydrogen-bond donors (Lipinski definition) is 3. The van der Waals surface area contributed by atoms with E-state index in [2.05, 4.69) is 21.3 Å². The van der Waals surface area contributed by atoms with Crippen molar-refractivity contribution >= 4 is 29.9 Å². The second-order valence-corrected chi connectivity index (χ2v) is 5.16. The van der Waals surface area contributed by atoms with Crippen molar-refractivity contribution in [3.8, 4) is 5.75 Å². The lowest BCUT2D eigenvalue weighted by Gasteiger charge is -2.20. The number of nitrogens with one attached hydrogen (secondary N) is 3. The van der Waals surface area contributed by atoms with Crippen molar-refractivity contribution in [2.45, 2.75) is 0 Å². The maximum absolute atomic E-state index is 11.6. The Labute approximate surface area is 147 Å². The fraction of sp³-hybridized carbons (Fsp3) is 0.500. The second-order valence-electron chi connectivity index (χ2n) is 4.73. The predicted molar refractivity (Wildman–Crippen MR) is 90.7 cm³/mol. The summed E-state index contributed by atoms with van der Waals surface area (Å²) in [6, 6.07) is 6.86. The fourth-order valence-corrected chi connectivity index (χ4v) is 2.02. The topological polar surface area (TPSA) is 74.9 Å². The molecule has 0 aromatic heterocycles. The number of hydrogen-bond acceptors (Lipinski definition) is 6. The van der Waals surface area contributed by atoms with Crippen molar-refractivity contribution in [2.75, 3.05) is 46.0 Å². The molecule has 3 N–H and O–H groups in total. The highest BCUT2D eigenvalue weighted by atomic mass is 35.5. The lowest BCUT2D eigenvalue weighted by Crippen LogP contribution is -2.47. The number of benzene rings is 1. The first-order chi connectivity index (χ1) is 10.7. The first-order valence-electron chi connectivity index (χ1n) is 7.20. The van der Waals surface area contributed by atoms with Crippen molar-refractivity contribution < 1.29 is 14.3 Å². The number of carbonyl (C=O) groups excluding carboxylic acids is 1. The van der Waals surface area contributed by atoms with E-state index >= 15 is 0 Å². The minimum Gasteiger partial charge on any atom is -0.484 e. The summed E-state index contributed by atoms with van der Waals surface area (Å²) < 4.78 is 10.7. The molecule has 1 aliphatic rings. The third-order valence-electron chi connectivity index (χ3n) is 3.01. The summed E-state index contributed by atoms with van der Waals surface area (Å²) >= 11 is 5.77. The van der Waals surface area contributed by atoms with Crippen LogP contribution in [0.4, 0.5) is 0 Å². The van der Waals surface area contributed by atoms with Crippen LogP contribution in [0.3, 0.4) is 0 Å². The summed E-state index contributed by atoms with van der Waals surface area (Å²) in [6.07, 6.45) is 0. The van der Waals surface area contributed by atoms with Crippen LogP contribution < -0.4 is 21.0 Å². The van der Waals surface area contributed by atoms with Crippen LogP contribution in [0.25, 0.3) is 0 Å². The van der Waals surface area contributed by atoms with E-state index in [1.807, 2.05) is 0 Å². The molecule has 1 saturated heterocycles. The minimum atomic E-state index is -0.234. The van der Waals surface area contributed by atoms with Crippen LogP contribution in [0.5, 0.6) is 5.75 Å². The molecule has 1 fully saturated rings.